The van der Waals surface area contributed by atoms with Crippen molar-refractivity contribution >= 4 is 29.5 Å². The van der Waals surface area contributed by atoms with Gasteiger partial charge in [0.05, 0.1) is 0 Å². The molecule has 0 aliphatic carbocycles. The van der Waals surface area contributed by atoms with E-state index in [-0.39, 0.29) is 0 Å². The predicted molar refractivity (Wildman–Crippen MR) is 58.1 cm³/mol. The topological polar surface area (TPSA) is 0 Å². The Bertz CT molecular complexity index is 42.8. The summed E-state index contributed by atoms with van der Waals surface area (Å²) in [5.74, 6) is 2.83. The van der Waals surface area contributed by atoms with Gasteiger partial charge in [-0.15, -0.1) is 0 Å². The molecule has 0 aromatic heterocycles. The summed E-state index contributed by atoms with van der Waals surface area (Å²) >= 11 is -1.77. The third kappa shape index (κ3) is 592. The quantitative estimate of drug-likeness (QED) is 0.524. The maximum atomic E-state index is 4.95. The van der Waals surface area contributed by atoms with Crippen LogP contribution in [0.25, 0.3) is 0 Å². The Morgan fingerprint density at radius 3 is 0.667 bits per heavy atom. The molecular weight excluding hydrogens is 253 g/mol. The monoisotopic (exact) mass is 270 g/mol. The van der Waals surface area contributed by atoms with Crippen LogP contribution in [0, 0.1) is 11.8 Å². The molecular formula is C8H18Cl3V-2. The second-order valence-corrected chi connectivity index (χ2v) is 10.1. The van der Waals surface area contributed by atoms with Gasteiger partial charge < -0.3 is 11.8 Å². The molecule has 0 aliphatic rings. The molecule has 0 fully saturated rings. The van der Waals surface area contributed by atoms with E-state index in [1.807, 2.05) is 0 Å². The molecule has 0 amide bonds. The van der Waals surface area contributed by atoms with Gasteiger partial charge in [-0.1, -0.05) is 0 Å². The summed E-state index contributed by atoms with van der Waals surface area (Å²) in [6.07, 6.45) is 0. The van der Waals surface area contributed by atoms with Gasteiger partial charge in [0, 0.05) is 0 Å². The summed E-state index contributed by atoms with van der Waals surface area (Å²) < 4.78 is 0. The van der Waals surface area contributed by atoms with Crippen LogP contribution >= 0.6 is 29.5 Å². The molecule has 0 atom stereocenters. The fraction of sp³-hybridized carbons (Fsp3) is 0.750. The number of hydrogen-bond acceptors (Lipinski definition) is 0. The summed E-state index contributed by atoms with van der Waals surface area (Å²) in [6.45, 7) is 12.5. The van der Waals surface area contributed by atoms with Crippen molar-refractivity contribution in [1.29, 1.82) is 0 Å². The standard InChI is InChI=1S/2C4H9.3ClH.V/c2*1-4(2)3;;;;/h2*1-3H3;3*1H;/q2*-1;;;;+3/p-3. The van der Waals surface area contributed by atoms with Crippen LogP contribution in [0.15, 0.2) is 0 Å². The van der Waals surface area contributed by atoms with Gasteiger partial charge in [-0.3, -0.25) is 0 Å². The van der Waals surface area contributed by atoms with E-state index < -0.39 is 12.3 Å². The van der Waals surface area contributed by atoms with Crippen molar-refractivity contribution in [1.82, 2.24) is 0 Å². The van der Waals surface area contributed by atoms with Crippen molar-refractivity contribution in [3.8, 4) is 0 Å². The van der Waals surface area contributed by atoms with Gasteiger partial charge >= 0.3 is 41.8 Å². The number of hydrogen-bond donors (Lipinski definition) is 0. The zero-order chi connectivity index (χ0) is 10.7. The Hall–Kier alpha value is 1.45. The van der Waals surface area contributed by atoms with E-state index in [0.29, 0.717) is 0 Å². The Morgan fingerprint density at radius 2 is 0.667 bits per heavy atom. The van der Waals surface area contributed by atoms with Gasteiger partial charge in [0.15, 0.2) is 0 Å². The Morgan fingerprint density at radius 1 is 0.667 bits per heavy atom. The van der Waals surface area contributed by atoms with Crippen molar-refractivity contribution in [3.63, 3.8) is 0 Å². The van der Waals surface area contributed by atoms with E-state index in [0.717, 1.165) is 0 Å². The van der Waals surface area contributed by atoms with Gasteiger partial charge in [-0.25, -0.2) is 0 Å². The molecule has 12 heavy (non-hydrogen) atoms. The minimum atomic E-state index is -1.77. The average molecular weight is 272 g/mol. The van der Waals surface area contributed by atoms with Crippen molar-refractivity contribution in [2.24, 2.45) is 0 Å². The second-order valence-electron chi connectivity index (χ2n) is 3.19. The molecule has 0 unspecified atom stereocenters. The first-order valence-corrected chi connectivity index (χ1v) is 9.27. The van der Waals surface area contributed by atoms with E-state index in [2.05, 4.69) is 41.5 Å². The van der Waals surface area contributed by atoms with Crippen LogP contribution in [0.3, 0.4) is 0 Å². The van der Waals surface area contributed by atoms with Crippen LogP contribution in [-0.2, 0) is 12.3 Å². The van der Waals surface area contributed by atoms with E-state index in [1.54, 1.807) is 0 Å². The molecule has 0 aliphatic heterocycles. The zero-order valence-electron chi connectivity index (χ0n) is 8.58. The van der Waals surface area contributed by atoms with Crippen molar-refractivity contribution in [2.75, 3.05) is 0 Å². The first kappa shape index (κ1) is 19.1. The fourth-order valence-corrected chi connectivity index (χ4v) is 0. The summed E-state index contributed by atoms with van der Waals surface area (Å²) in [5, 5.41) is 0. The van der Waals surface area contributed by atoms with Crippen LogP contribution in [0.4, 0.5) is 0 Å². The maximum absolute atomic E-state index is 4.95. The van der Waals surface area contributed by atoms with Crippen LogP contribution in [0.1, 0.15) is 41.5 Å². The van der Waals surface area contributed by atoms with Crippen LogP contribution in [-0.4, -0.2) is 0 Å². The molecule has 0 nitrogen and oxygen atoms in total. The first-order chi connectivity index (χ1) is 5.20. The number of rotatable bonds is 0. The van der Waals surface area contributed by atoms with E-state index >= 15 is 0 Å². The molecule has 0 aromatic carbocycles. The molecule has 0 heterocycles. The first-order valence-electron chi connectivity index (χ1n) is 3.51. The van der Waals surface area contributed by atoms with Gasteiger partial charge in [0.1, 0.15) is 0 Å². The van der Waals surface area contributed by atoms with Gasteiger partial charge in [0.25, 0.3) is 0 Å². The summed E-state index contributed by atoms with van der Waals surface area (Å²) in [5.41, 5.74) is 0. The predicted octanol–water partition coefficient (Wildman–Crippen LogP) is 5.31. The third-order valence-electron chi connectivity index (χ3n) is 0. The van der Waals surface area contributed by atoms with Gasteiger partial charge in [-0.05, 0) is 0 Å². The second kappa shape index (κ2) is 15.0. The van der Waals surface area contributed by atoms with Crippen molar-refractivity contribution in [3.05, 3.63) is 11.8 Å². The fourth-order valence-electron chi connectivity index (χ4n) is 0. The molecule has 0 N–H and O–H groups in total. The van der Waals surface area contributed by atoms with Gasteiger partial charge in [0.2, 0.25) is 0 Å². The molecule has 0 saturated heterocycles. The van der Waals surface area contributed by atoms with Crippen LogP contribution < -0.4 is 0 Å². The SMILES string of the molecule is C[C-](C)C.C[C-](C)C.[Cl][V]([Cl])[Cl]. The Labute approximate surface area is 94.8 Å². The zero-order valence-corrected chi connectivity index (χ0v) is 12.2. The van der Waals surface area contributed by atoms with E-state index in [1.165, 1.54) is 11.8 Å². The molecule has 0 aromatic rings. The average Bonchev–Trinajstić information content (AvgIpc) is 1.54. The van der Waals surface area contributed by atoms with Crippen molar-refractivity contribution in [2.45, 2.75) is 41.5 Å². The van der Waals surface area contributed by atoms with Crippen LogP contribution in [0.2, 0.25) is 0 Å². The van der Waals surface area contributed by atoms with Crippen molar-refractivity contribution < 1.29 is 12.3 Å². The summed E-state index contributed by atoms with van der Waals surface area (Å²) in [4.78, 5) is 0. The number of halogens is 3. The molecule has 0 spiro atoms. The third-order valence-corrected chi connectivity index (χ3v) is 0. The van der Waals surface area contributed by atoms with E-state index in [4.69, 9.17) is 29.5 Å². The summed E-state index contributed by atoms with van der Waals surface area (Å²) in [6, 6.07) is 0. The molecule has 4 heteroatoms. The van der Waals surface area contributed by atoms with E-state index in [9.17, 15) is 0 Å². The molecule has 78 valence electrons. The molecule has 0 rings (SSSR count). The molecule has 0 radical (unpaired) electrons. The normalized spacial score (nSPS) is 9.00. The van der Waals surface area contributed by atoms with Crippen LogP contribution in [0.5, 0.6) is 0 Å². The minimum absolute atomic E-state index is 1.42. The van der Waals surface area contributed by atoms with Gasteiger partial charge in [-0.2, -0.15) is 41.5 Å². The molecule has 0 saturated carbocycles. The Balaban J connectivity index is -0.000000101. The summed E-state index contributed by atoms with van der Waals surface area (Å²) in [7, 11) is 14.9. The molecule has 0 bridgehead atoms. The Kier molecular flexibility index (Phi) is 23.8.